The Balaban J connectivity index is 2.86. The van der Waals surface area contributed by atoms with Crippen LogP contribution in [0.1, 0.15) is 5.69 Å². The number of hydrogen-bond acceptors (Lipinski definition) is 2. The maximum Gasteiger partial charge on any atom is 0.0867 e. The van der Waals surface area contributed by atoms with E-state index in [9.17, 15) is 0 Å². The Bertz CT molecular complexity index is 506. The van der Waals surface area contributed by atoms with Crippen LogP contribution in [-0.4, -0.2) is 19.1 Å². The van der Waals surface area contributed by atoms with Gasteiger partial charge in [0.15, 0.2) is 0 Å². The van der Waals surface area contributed by atoms with Crippen molar-refractivity contribution in [2.45, 2.75) is 6.92 Å². The number of fused-ring (bicyclic) bond motifs is 1. The third-order valence-electron chi connectivity index (χ3n) is 2.38. The van der Waals surface area contributed by atoms with Gasteiger partial charge < -0.3 is 4.90 Å². The van der Waals surface area contributed by atoms with Gasteiger partial charge in [-0.25, -0.2) is 0 Å². The molecule has 2 aromatic rings. The van der Waals surface area contributed by atoms with E-state index in [0.717, 1.165) is 15.7 Å². The second-order valence-corrected chi connectivity index (χ2v) is 4.67. The third-order valence-corrected chi connectivity index (χ3v) is 3.02. The Morgan fingerprint density at radius 3 is 2.67 bits per heavy atom. The van der Waals surface area contributed by atoms with Gasteiger partial charge in [0, 0.05) is 35.3 Å². The van der Waals surface area contributed by atoms with Gasteiger partial charge in [-0.2, -0.15) is 0 Å². The number of halogens is 1. The summed E-state index contributed by atoms with van der Waals surface area (Å²) < 4.78 is 1.05. The normalized spacial score (nSPS) is 10.7. The van der Waals surface area contributed by atoms with Crippen LogP contribution in [0.3, 0.4) is 0 Å². The van der Waals surface area contributed by atoms with Crippen molar-refractivity contribution in [3.8, 4) is 0 Å². The zero-order chi connectivity index (χ0) is 11.0. The first-order chi connectivity index (χ1) is 7.09. The molecule has 1 aromatic heterocycles. The lowest BCUT2D eigenvalue weighted by Crippen LogP contribution is -2.09. The molecule has 0 atom stereocenters. The molecular weight excluding hydrogens is 252 g/mol. The average Bonchev–Trinajstić information content (AvgIpc) is 2.18. The van der Waals surface area contributed by atoms with Crippen LogP contribution in [0.4, 0.5) is 5.69 Å². The lowest BCUT2D eigenvalue weighted by molar-refractivity contribution is 1.12. The minimum Gasteiger partial charge on any atom is -0.377 e. The van der Waals surface area contributed by atoms with Crippen LogP contribution in [-0.2, 0) is 0 Å². The third kappa shape index (κ3) is 1.84. The van der Waals surface area contributed by atoms with Crippen molar-refractivity contribution < 1.29 is 0 Å². The van der Waals surface area contributed by atoms with E-state index >= 15 is 0 Å². The molecular formula is C12H13BrN2. The minimum atomic E-state index is 1.03. The monoisotopic (exact) mass is 264 g/mol. The number of para-hydroxylation sites is 1. The molecule has 1 heterocycles. The predicted molar refractivity (Wildman–Crippen MR) is 68.5 cm³/mol. The van der Waals surface area contributed by atoms with Gasteiger partial charge in [-0.05, 0) is 35.0 Å². The first-order valence-corrected chi connectivity index (χ1v) is 5.62. The summed E-state index contributed by atoms with van der Waals surface area (Å²) >= 11 is 3.53. The zero-order valence-electron chi connectivity index (χ0n) is 9.08. The molecule has 0 aliphatic rings. The van der Waals surface area contributed by atoms with Gasteiger partial charge in [0.05, 0.1) is 5.52 Å². The summed E-state index contributed by atoms with van der Waals surface area (Å²) in [4.78, 5) is 6.66. The van der Waals surface area contributed by atoms with Crippen molar-refractivity contribution in [1.82, 2.24) is 4.98 Å². The highest BCUT2D eigenvalue weighted by Crippen LogP contribution is 2.29. The SMILES string of the molecule is Cc1cc(N(C)C)c2cccc(Br)c2n1. The van der Waals surface area contributed by atoms with Gasteiger partial charge in [0.2, 0.25) is 0 Å². The van der Waals surface area contributed by atoms with Gasteiger partial charge in [0.25, 0.3) is 0 Å². The molecule has 0 radical (unpaired) electrons. The lowest BCUT2D eigenvalue weighted by Gasteiger charge is -2.16. The Morgan fingerprint density at radius 1 is 1.27 bits per heavy atom. The van der Waals surface area contributed by atoms with Crippen LogP contribution in [0.25, 0.3) is 10.9 Å². The van der Waals surface area contributed by atoms with Gasteiger partial charge in [0.1, 0.15) is 0 Å². The first kappa shape index (κ1) is 10.4. The second kappa shape index (κ2) is 3.81. The molecule has 1 aromatic carbocycles. The van der Waals surface area contributed by atoms with Crippen molar-refractivity contribution in [2.75, 3.05) is 19.0 Å². The Morgan fingerprint density at radius 2 is 2.00 bits per heavy atom. The number of anilines is 1. The molecule has 0 saturated heterocycles. The van der Waals surface area contributed by atoms with E-state index in [1.165, 1.54) is 11.1 Å². The summed E-state index contributed by atoms with van der Waals surface area (Å²) in [5.74, 6) is 0. The number of aromatic nitrogens is 1. The smallest absolute Gasteiger partial charge is 0.0867 e. The zero-order valence-corrected chi connectivity index (χ0v) is 10.7. The number of benzene rings is 1. The molecule has 0 aliphatic carbocycles. The molecule has 2 nitrogen and oxygen atoms in total. The van der Waals surface area contributed by atoms with Crippen LogP contribution < -0.4 is 4.90 Å². The minimum absolute atomic E-state index is 1.03. The van der Waals surface area contributed by atoms with Crippen molar-refractivity contribution in [3.05, 3.63) is 34.4 Å². The van der Waals surface area contributed by atoms with Crippen LogP contribution in [0.5, 0.6) is 0 Å². The van der Waals surface area contributed by atoms with E-state index in [4.69, 9.17) is 0 Å². The molecule has 15 heavy (non-hydrogen) atoms. The van der Waals surface area contributed by atoms with Gasteiger partial charge in [-0.3, -0.25) is 4.98 Å². The van der Waals surface area contributed by atoms with Crippen molar-refractivity contribution in [2.24, 2.45) is 0 Å². The van der Waals surface area contributed by atoms with E-state index < -0.39 is 0 Å². The van der Waals surface area contributed by atoms with Gasteiger partial charge in [-0.15, -0.1) is 0 Å². The standard InChI is InChI=1S/C12H13BrN2/c1-8-7-11(15(2)3)9-5-4-6-10(13)12(9)14-8/h4-7H,1-3H3. The highest BCUT2D eigenvalue weighted by atomic mass is 79.9. The average molecular weight is 265 g/mol. The topological polar surface area (TPSA) is 16.1 Å². The van der Waals surface area contributed by atoms with Gasteiger partial charge >= 0.3 is 0 Å². The summed E-state index contributed by atoms with van der Waals surface area (Å²) in [5.41, 5.74) is 3.28. The molecule has 2 rings (SSSR count). The number of nitrogens with zero attached hydrogens (tertiary/aromatic N) is 2. The fourth-order valence-electron chi connectivity index (χ4n) is 1.69. The van der Waals surface area contributed by atoms with E-state index in [2.05, 4.69) is 52.0 Å². The maximum absolute atomic E-state index is 4.54. The molecule has 0 aliphatic heterocycles. The van der Waals surface area contributed by atoms with Gasteiger partial charge in [-0.1, -0.05) is 12.1 Å². The lowest BCUT2D eigenvalue weighted by atomic mass is 10.1. The predicted octanol–water partition coefficient (Wildman–Crippen LogP) is 3.37. The molecule has 0 N–H and O–H groups in total. The largest absolute Gasteiger partial charge is 0.377 e. The van der Waals surface area contributed by atoms with E-state index in [-0.39, 0.29) is 0 Å². The summed E-state index contributed by atoms with van der Waals surface area (Å²) in [6.07, 6.45) is 0. The van der Waals surface area contributed by atoms with Crippen molar-refractivity contribution in [3.63, 3.8) is 0 Å². The highest BCUT2D eigenvalue weighted by molar-refractivity contribution is 9.10. The number of pyridine rings is 1. The Hall–Kier alpha value is -1.09. The highest BCUT2D eigenvalue weighted by Gasteiger charge is 2.07. The molecule has 0 saturated carbocycles. The van der Waals surface area contributed by atoms with E-state index in [1.807, 2.05) is 19.1 Å². The number of hydrogen-bond donors (Lipinski definition) is 0. The molecule has 0 unspecified atom stereocenters. The number of rotatable bonds is 1. The summed E-state index contributed by atoms with van der Waals surface area (Å²) in [7, 11) is 4.10. The second-order valence-electron chi connectivity index (χ2n) is 3.81. The summed E-state index contributed by atoms with van der Waals surface area (Å²) in [6, 6.07) is 8.27. The molecule has 3 heteroatoms. The Kier molecular flexibility index (Phi) is 2.65. The van der Waals surface area contributed by atoms with Crippen molar-refractivity contribution >= 4 is 32.5 Å². The fraction of sp³-hybridized carbons (Fsp3) is 0.250. The van der Waals surface area contributed by atoms with Crippen LogP contribution in [0.2, 0.25) is 0 Å². The quantitative estimate of drug-likeness (QED) is 0.785. The molecule has 0 bridgehead atoms. The van der Waals surface area contributed by atoms with E-state index in [0.29, 0.717) is 0 Å². The van der Waals surface area contributed by atoms with Crippen LogP contribution >= 0.6 is 15.9 Å². The van der Waals surface area contributed by atoms with Crippen LogP contribution in [0.15, 0.2) is 28.7 Å². The summed E-state index contributed by atoms with van der Waals surface area (Å²) in [5, 5.41) is 1.18. The fourth-order valence-corrected chi connectivity index (χ4v) is 2.14. The molecule has 0 fully saturated rings. The number of aryl methyl sites for hydroxylation is 1. The molecule has 0 amide bonds. The van der Waals surface area contributed by atoms with Crippen molar-refractivity contribution in [1.29, 1.82) is 0 Å². The molecule has 0 spiro atoms. The molecule has 78 valence electrons. The first-order valence-electron chi connectivity index (χ1n) is 4.83. The summed E-state index contributed by atoms with van der Waals surface area (Å²) in [6.45, 7) is 2.02. The maximum atomic E-state index is 4.54. The Labute approximate surface area is 98.1 Å². The van der Waals surface area contributed by atoms with Crippen LogP contribution in [0, 0.1) is 6.92 Å². The van der Waals surface area contributed by atoms with E-state index in [1.54, 1.807) is 0 Å².